The summed E-state index contributed by atoms with van der Waals surface area (Å²) in [5.41, 5.74) is 0.745. The predicted molar refractivity (Wildman–Crippen MR) is 94.3 cm³/mol. The molecule has 3 rings (SSSR count). The summed E-state index contributed by atoms with van der Waals surface area (Å²) in [7, 11) is 1.78. The normalized spacial score (nSPS) is 24.1. The molecule has 2 atom stereocenters. The topological polar surface area (TPSA) is 61.8 Å². The van der Waals surface area contributed by atoms with Crippen LogP contribution in [-0.2, 0) is 0 Å². The van der Waals surface area contributed by atoms with E-state index in [9.17, 15) is 9.90 Å². The van der Waals surface area contributed by atoms with Crippen LogP contribution in [0.25, 0.3) is 0 Å². The summed E-state index contributed by atoms with van der Waals surface area (Å²) in [4.78, 5) is 14.0. The van der Waals surface area contributed by atoms with Crippen molar-refractivity contribution in [3.63, 3.8) is 0 Å². The fourth-order valence-electron chi connectivity index (χ4n) is 3.73. The van der Waals surface area contributed by atoms with Crippen LogP contribution >= 0.6 is 0 Å². The average molecular weight is 332 g/mol. The van der Waals surface area contributed by atoms with Crippen molar-refractivity contribution in [3.8, 4) is 5.75 Å². The number of aliphatic hydroxyl groups is 1. The summed E-state index contributed by atoms with van der Waals surface area (Å²) in [5, 5.41) is 12.8. The lowest BCUT2D eigenvalue weighted by Gasteiger charge is -2.23. The SMILES string of the molecule is CN(CC1CCCC1O)C(=O)Nc1cccc(OC2CCCC2)c1. The number of urea groups is 1. The average Bonchev–Trinajstić information content (AvgIpc) is 3.20. The Balaban J connectivity index is 1.53. The van der Waals surface area contributed by atoms with Crippen molar-refractivity contribution in [1.29, 1.82) is 0 Å². The first-order valence-electron chi connectivity index (χ1n) is 9.09. The van der Waals surface area contributed by atoms with E-state index in [1.54, 1.807) is 11.9 Å². The Morgan fingerprint density at radius 3 is 2.75 bits per heavy atom. The summed E-state index contributed by atoms with van der Waals surface area (Å²) in [6.45, 7) is 0.589. The number of aliphatic hydroxyl groups excluding tert-OH is 1. The number of anilines is 1. The van der Waals surface area contributed by atoms with Gasteiger partial charge in [0, 0.05) is 31.3 Å². The minimum absolute atomic E-state index is 0.146. The van der Waals surface area contributed by atoms with E-state index in [2.05, 4.69) is 5.32 Å². The molecule has 24 heavy (non-hydrogen) atoms. The molecule has 1 aromatic rings. The Morgan fingerprint density at radius 1 is 1.25 bits per heavy atom. The van der Waals surface area contributed by atoms with Gasteiger partial charge in [-0.2, -0.15) is 0 Å². The minimum atomic E-state index is -0.275. The molecule has 0 aromatic heterocycles. The predicted octanol–water partition coefficient (Wildman–Crippen LogP) is 3.63. The Labute approximate surface area is 144 Å². The largest absolute Gasteiger partial charge is 0.490 e. The van der Waals surface area contributed by atoms with Crippen LogP contribution in [0.3, 0.4) is 0 Å². The third-order valence-electron chi connectivity index (χ3n) is 5.16. The van der Waals surface area contributed by atoms with Crippen LogP contribution in [0.1, 0.15) is 44.9 Å². The van der Waals surface area contributed by atoms with Crippen LogP contribution in [-0.4, -0.2) is 41.8 Å². The maximum Gasteiger partial charge on any atom is 0.321 e. The summed E-state index contributed by atoms with van der Waals surface area (Å²) in [6, 6.07) is 7.45. The Kier molecular flexibility index (Phi) is 5.61. The molecule has 5 nitrogen and oxygen atoms in total. The first kappa shape index (κ1) is 17.1. The quantitative estimate of drug-likeness (QED) is 0.865. The second kappa shape index (κ2) is 7.88. The Bertz CT molecular complexity index is 557. The molecule has 0 saturated heterocycles. The molecule has 0 heterocycles. The highest BCUT2D eigenvalue weighted by atomic mass is 16.5. The van der Waals surface area contributed by atoms with Crippen molar-refractivity contribution in [2.75, 3.05) is 18.9 Å². The molecule has 2 unspecified atom stereocenters. The zero-order chi connectivity index (χ0) is 16.9. The summed E-state index contributed by atoms with van der Waals surface area (Å²) >= 11 is 0. The molecule has 0 radical (unpaired) electrons. The number of hydrogen-bond donors (Lipinski definition) is 2. The van der Waals surface area contributed by atoms with Gasteiger partial charge in [0.2, 0.25) is 0 Å². The van der Waals surface area contributed by atoms with E-state index >= 15 is 0 Å². The minimum Gasteiger partial charge on any atom is -0.490 e. The molecule has 0 bridgehead atoms. The molecule has 2 aliphatic carbocycles. The Morgan fingerprint density at radius 2 is 2.04 bits per heavy atom. The number of hydrogen-bond acceptors (Lipinski definition) is 3. The number of amides is 2. The van der Waals surface area contributed by atoms with E-state index < -0.39 is 0 Å². The molecule has 132 valence electrons. The summed E-state index contributed by atoms with van der Waals surface area (Å²) < 4.78 is 5.98. The van der Waals surface area contributed by atoms with Crippen molar-refractivity contribution >= 4 is 11.7 Å². The highest BCUT2D eigenvalue weighted by Gasteiger charge is 2.27. The first-order valence-corrected chi connectivity index (χ1v) is 9.09. The third kappa shape index (κ3) is 4.41. The lowest BCUT2D eigenvalue weighted by Crippen LogP contribution is -2.37. The molecule has 0 aliphatic heterocycles. The molecule has 0 spiro atoms. The maximum absolute atomic E-state index is 12.4. The number of ether oxygens (including phenoxy) is 1. The molecule has 2 fully saturated rings. The van der Waals surface area contributed by atoms with Gasteiger partial charge in [0.05, 0.1) is 12.2 Å². The highest BCUT2D eigenvalue weighted by molar-refractivity contribution is 5.89. The number of benzene rings is 1. The smallest absolute Gasteiger partial charge is 0.321 e. The monoisotopic (exact) mass is 332 g/mol. The maximum atomic E-state index is 12.4. The van der Waals surface area contributed by atoms with Crippen molar-refractivity contribution in [1.82, 2.24) is 4.90 Å². The van der Waals surface area contributed by atoms with Crippen molar-refractivity contribution in [2.24, 2.45) is 5.92 Å². The van der Waals surface area contributed by atoms with Crippen molar-refractivity contribution < 1.29 is 14.6 Å². The molecule has 2 aliphatic rings. The van der Waals surface area contributed by atoms with Gasteiger partial charge in [-0.15, -0.1) is 0 Å². The van der Waals surface area contributed by atoms with E-state index in [0.717, 1.165) is 43.5 Å². The number of carbonyl (C=O) groups is 1. The van der Waals surface area contributed by atoms with E-state index in [1.807, 2.05) is 24.3 Å². The Hall–Kier alpha value is -1.75. The van der Waals surface area contributed by atoms with E-state index in [-0.39, 0.29) is 18.1 Å². The van der Waals surface area contributed by atoms with Gasteiger partial charge in [-0.1, -0.05) is 12.5 Å². The van der Waals surface area contributed by atoms with Gasteiger partial charge in [-0.25, -0.2) is 4.79 Å². The van der Waals surface area contributed by atoms with Crippen LogP contribution in [0.4, 0.5) is 10.5 Å². The fraction of sp³-hybridized carbons (Fsp3) is 0.632. The van der Waals surface area contributed by atoms with E-state index in [1.165, 1.54) is 12.8 Å². The highest BCUT2D eigenvalue weighted by Crippen LogP contribution is 2.27. The molecule has 2 saturated carbocycles. The lowest BCUT2D eigenvalue weighted by molar-refractivity contribution is 0.116. The van der Waals surface area contributed by atoms with Gasteiger partial charge in [-0.05, 0) is 50.7 Å². The van der Waals surface area contributed by atoms with Gasteiger partial charge in [0.1, 0.15) is 5.75 Å². The number of nitrogens with one attached hydrogen (secondary N) is 1. The molecule has 2 amide bonds. The van der Waals surface area contributed by atoms with Gasteiger partial charge >= 0.3 is 6.03 Å². The molecule has 5 heteroatoms. The zero-order valence-corrected chi connectivity index (χ0v) is 14.4. The van der Waals surface area contributed by atoms with E-state index in [0.29, 0.717) is 12.6 Å². The van der Waals surface area contributed by atoms with Crippen molar-refractivity contribution in [3.05, 3.63) is 24.3 Å². The van der Waals surface area contributed by atoms with Gasteiger partial charge < -0.3 is 20.1 Å². The van der Waals surface area contributed by atoms with E-state index in [4.69, 9.17) is 4.74 Å². The molecular weight excluding hydrogens is 304 g/mol. The zero-order valence-electron chi connectivity index (χ0n) is 14.4. The second-order valence-electron chi connectivity index (χ2n) is 7.12. The van der Waals surface area contributed by atoms with Gasteiger partial charge in [0.15, 0.2) is 0 Å². The van der Waals surface area contributed by atoms with Crippen LogP contribution < -0.4 is 10.1 Å². The summed E-state index contributed by atoms with van der Waals surface area (Å²) in [6.07, 6.45) is 7.61. The standard InChI is InChI=1S/C19H28N2O3/c1-21(13-14-6-4-11-18(14)22)19(23)20-15-7-5-10-17(12-15)24-16-8-2-3-9-16/h5,7,10,12,14,16,18,22H,2-4,6,8-9,11,13H2,1H3,(H,20,23). The van der Waals surface area contributed by atoms with Crippen LogP contribution in [0.2, 0.25) is 0 Å². The number of rotatable bonds is 5. The molecule has 1 aromatic carbocycles. The van der Waals surface area contributed by atoms with Gasteiger partial charge in [0.25, 0.3) is 0 Å². The number of nitrogens with zero attached hydrogens (tertiary/aromatic N) is 1. The number of carbonyl (C=O) groups excluding carboxylic acids is 1. The molecule has 2 N–H and O–H groups in total. The summed E-state index contributed by atoms with van der Waals surface area (Å²) in [5.74, 6) is 1.01. The first-order chi connectivity index (χ1) is 11.6. The third-order valence-corrected chi connectivity index (χ3v) is 5.16. The second-order valence-corrected chi connectivity index (χ2v) is 7.12. The van der Waals surface area contributed by atoms with Crippen molar-refractivity contribution in [2.45, 2.75) is 57.2 Å². The van der Waals surface area contributed by atoms with Crippen LogP contribution in [0.15, 0.2) is 24.3 Å². The van der Waals surface area contributed by atoms with Gasteiger partial charge in [-0.3, -0.25) is 0 Å². The fourth-order valence-corrected chi connectivity index (χ4v) is 3.73. The lowest BCUT2D eigenvalue weighted by atomic mass is 10.1. The molecular formula is C19H28N2O3. The van der Waals surface area contributed by atoms with Crippen LogP contribution in [0, 0.1) is 5.92 Å². The van der Waals surface area contributed by atoms with Crippen LogP contribution in [0.5, 0.6) is 5.75 Å².